The first-order valence-corrected chi connectivity index (χ1v) is 11.3. The minimum absolute atomic E-state index is 0.0274. The van der Waals surface area contributed by atoms with Gasteiger partial charge in [-0.3, -0.25) is 9.69 Å². The molecule has 30 heavy (non-hydrogen) atoms. The molecule has 2 aliphatic heterocycles. The van der Waals surface area contributed by atoms with Gasteiger partial charge in [0.05, 0.1) is 12.8 Å². The highest BCUT2D eigenvalue weighted by atomic mass is 32.1. The number of hydrogen-bond acceptors (Lipinski definition) is 6. The standard InChI is InChI=1S/C22H28N4O3S/c1-29-21(28)26-12-6-5-9-17(26)19(27)25-13-10-22(11-14-25,16-7-3-2-4-8-16)18-15-30-20(23)24-18/h2-4,7-8,15,17H,5-6,9-14H2,1H3,(H2,23,24). The Morgan fingerprint density at radius 2 is 1.90 bits per heavy atom. The molecule has 1 aromatic carbocycles. The molecule has 2 N–H and O–H groups in total. The summed E-state index contributed by atoms with van der Waals surface area (Å²) in [5, 5.41) is 2.61. The molecule has 2 fully saturated rings. The van der Waals surface area contributed by atoms with Crippen molar-refractivity contribution in [2.75, 3.05) is 32.5 Å². The summed E-state index contributed by atoms with van der Waals surface area (Å²) < 4.78 is 4.91. The first kappa shape index (κ1) is 20.7. The maximum Gasteiger partial charge on any atom is 0.410 e. The summed E-state index contributed by atoms with van der Waals surface area (Å²) in [6.07, 6.45) is 3.68. The first-order chi connectivity index (χ1) is 14.5. The van der Waals surface area contributed by atoms with Crippen LogP contribution >= 0.6 is 11.3 Å². The van der Waals surface area contributed by atoms with Crippen LogP contribution in [0.1, 0.15) is 43.4 Å². The normalized spacial score (nSPS) is 21.3. The van der Waals surface area contributed by atoms with Crippen molar-refractivity contribution in [2.24, 2.45) is 0 Å². The first-order valence-electron chi connectivity index (χ1n) is 10.5. The van der Waals surface area contributed by atoms with E-state index in [1.54, 1.807) is 4.90 Å². The van der Waals surface area contributed by atoms with Gasteiger partial charge in [0.1, 0.15) is 6.04 Å². The van der Waals surface area contributed by atoms with Crippen molar-refractivity contribution < 1.29 is 14.3 Å². The molecule has 8 heteroatoms. The molecule has 1 atom stereocenters. The van der Waals surface area contributed by atoms with E-state index in [0.29, 0.717) is 31.2 Å². The van der Waals surface area contributed by atoms with Gasteiger partial charge in [0.25, 0.3) is 0 Å². The fraction of sp³-hybridized carbons (Fsp3) is 0.500. The van der Waals surface area contributed by atoms with Gasteiger partial charge in [-0.1, -0.05) is 30.3 Å². The van der Waals surface area contributed by atoms with E-state index in [1.807, 2.05) is 28.5 Å². The van der Waals surface area contributed by atoms with Crippen molar-refractivity contribution >= 4 is 28.5 Å². The number of likely N-dealkylation sites (tertiary alicyclic amines) is 2. The number of nitrogen functional groups attached to an aromatic ring is 1. The lowest BCUT2D eigenvalue weighted by atomic mass is 9.70. The van der Waals surface area contributed by atoms with Crippen LogP contribution in [0.2, 0.25) is 0 Å². The van der Waals surface area contributed by atoms with Crippen molar-refractivity contribution in [1.29, 1.82) is 0 Å². The second kappa shape index (κ2) is 8.63. The van der Waals surface area contributed by atoms with Gasteiger partial charge in [0.2, 0.25) is 5.91 Å². The van der Waals surface area contributed by atoms with Crippen LogP contribution in [-0.2, 0) is 14.9 Å². The Labute approximate surface area is 180 Å². The summed E-state index contributed by atoms with van der Waals surface area (Å²) in [5.74, 6) is 0.0274. The molecule has 2 aromatic rings. The third-order valence-electron chi connectivity index (χ3n) is 6.46. The van der Waals surface area contributed by atoms with Crippen LogP contribution in [0.5, 0.6) is 0 Å². The van der Waals surface area contributed by atoms with Gasteiger partial charge in [0, 0.05) is 30.4 Å². The largest absolute Gasteiger partial charge is 0.453 e. The number of rotatable bonds is 3. The van der Waals surface area contributed by atoms with E-state index in [-0.39, 0.29) is 11.3 Å². The lowest BCUT2D eigenvalue weighted by molar-refractivity contribution is -0.139. The van der Waals surface area contributed by atoms with Crippen molar-refractivity contribution in [3.05, 3.63) is 47.0 Å². The fourth-order valence-corrected chi connectivity index (χ4v) is 5.46. The maximum atomic E-state index is 13.3. The number of ether oxygens (including phenoxy) is 1. The highest BCUT2D eigenvalue weighted by Gasteiger charge is 2.43. The molecule has 2 saturated heterocycles. The van der Waals surface area contributed by atoms with E-state index in [4.69, 9.17) is 10.5 Å². The molecule has 4 rings (SSSR count). The van der Waals surface area contributed by atoms with Gasteiger partial charge in [-0.05, 0) is 37.7 Å². The summed E-state index contributed by atoms with van der Waals surface area (Å²) >= 11 is 1.46. The third-order valence-corrected chi connectivity index (χ3v) is 7.14. The third kappa shape index (κ3) is 3.76. The molecule has 2 aliphatic rings. The molecule has 0 radical (unpaired) electrons. The number of anilines is 1. The monoisotopic (exact) mass is 428 g/mol. The van der Waals surface area contributed by atoms with E-state index in [0.717, 1.165) is 31.4 Å². The summed E-state index contributed by atoms with van der Waals surface area (Å²) in [4.78, 5) is 33.6. The number of methoxy groups -OCH3 is 1. The highest BCUT2D eigenvalue weighted by molar-refractivity contribution is 7.13. The lowest BCUT2D eigenvalue weighted by Gasteiger charge is -2.44. The molecular weight excluding hydrogens is 400 g/mol. The van der Waals surface area contributed by atoms with Crippen molar-refractivity contribution in [3.8, 4) is 0 Å². The van der Waals surface area contributed by atoms with Gasteiger partial charge in [-0.25, -0.2) is 9.78 Å². The minimum Gasteiger partial charge on any atom is -0.453 e. The Morgan fingerprint density at radius 1 is 1.17 bits per heavy atom. The summed E-state index contributed by atoms with van der Waals surface area (Å²) in [6, 6.07) is 9.93. The van der Waals surface area contributed by atoms with Crippen LogP contribution in [0.3, 0.4) is 0 Å². The summed E-state index contributed by atoms with van der Waals surface area (Å²) in [7, 11) is 1.37. The maximum absolute atomic E-state index is 13.3. The second-order valence-corrected chi connectivity index (χ2v) is 8.91. The number of amides is 2. The van der Waals surface area contributed by atoms with E-state index >= 15 is 0 Å². The number of hydrogen-bond donors (Lipinski definition) is 1. The van der Waals surface area contributed by atoms with Gasteiger partial charge in [-0.15, -0.1) is 11.3 Å². The molecule has 160 valence electrons. The number of nitrogens with zero attached hydrogens (tertiary/aromatic N) is 3. The predicted molar refractivity (Wildman–Crippen MR) is 116 cm³/mol. The van der Waals surface area contributed by atoms with Crippen molar-refractivity contribution in [1.82, 2.24) is 14.8 Å². The number of thiazole rings is 1. The van der Waals surface area contributed by atoms with Crippen LogP contribution < -0.4 is 5.73 Å². The van der Waals surface area contributed by atoms with E-state index < -0.39 is 12.1 Å². The average molecular weight is 429 g/mol. The number of aromatic nitrogens is 1. The molecule has 7 nitrogen and oxygen atoms in total. The molecular formula is C22H28N4O3S. The van der Waals surface area contributed by atoms with Crippen LogP contribution in [0, 0.1) is 0 Å². The number of piperidine rings is 2. The topological polar surface area (TPSA) is 88.8 Å². The van der Waals surface area contributed by atoms with Crippen LogP contribution in [0.25, 0.3) is 0 Å². The molecule has 0 spiro atoms. The van der Waals surface area contributed by atoms with Gasteiger partial charge >= 0.3 is 6.09 Å². The van der Waals surface area contributed by atoms with Crippen LogP contribution in [0.4, 0.5) is 9.93 Å². The quantitative estimate of drug-likeness (QED) is 0.811. The average Bonchev–Trinajstić information content (AvgIpc) is 3.25. The highest BCUT2D eigenvalue weighted by Crippen LogP contribution is 2.42. The molecule has 0 bridgehead atoms. The van der Waals surface area contributed by atoms with Crippen LogP contribution in [0.15, 0.2) is 35.7 Å². The molecule has 2 amide bonds. The fourth-order valence-electron chi connectivity index (χ4n) is 4.80. The zero-order valence-electron chi connectivity index (χ0n) is 17.3. The van der Waals surface area contributed by atoms with Gasteiger partial charge < -0.3 is 15.4 Å². The zero-order chi connectivity index (χ0) is 21.1. The number of carbonyl (C=O) groups excluding carboxylic acids is 2. The van der Waals surface area contributed by atoms with Gasteiger partial charge in [-0.2, -0.15) is 0 Å². The zero-order valence-corrected chi connectivity index (χ0v) is 18.1. The smallest absolute Gasteiger partial charge is 0.410 e. The SMILES string of the molecule is COC(=O)N1CCCCC1C(=O)N1CCC(c2ccccc2)(c2csc(N)n2)CC1. The van der Waals surface area contributed by atoms with Gasteiger partial charge in [0.15, 0.2) is 5.13 Å². The molecule has 0 aliphatic carbocycles. The molecule has 3 heterocycles. The Morgan fingerprint density at radius 3 is 2.53 bits per heavy atom. The summed E-state index contributed by atoms with van der Waals surface area (Å²) in [6.45, 7) is 1.82. The summed E-state index contributed by atoms with van der Waals surface area (Å²) in [5.41, 5.74) is 7.88. The molecule has 1 unspecified atom stereocenters. The predicted octanol–water partition coefficient (Wildman–Crippen LogP) is 3.25. The Balaban J connectivity index is 1.54. The number of nitrogens with two attached hydrogens (primary N) is 1. The Bertz CT molecular complexity index is 893. The van der Waals surface area contributed by atoms with Crippen molar-refractivity contribution in [3.63, 3.8) is 0 Å². The molecule has 1 aromatic heterocycles. The molecule has 0 saturated carbocycles. The Kier molecular flexibility index (Phi) is 5.94. The number of carbonyl (C=O) groups is 2. The Hall–Kier alpha value is -2.61. The van der Waals surface area contributed by atoms with Crippen molar-refractivity contribution in [2.45, 2.75) is 43.6 Å². The second-order valence-electron chi connectivity index (χ2n) is 8.02. The number of benzene rings is 1. The van der Waals surface area contributed by atoms with E-state index in [2.05, 4.69) is 17.1 Å². The van der Waals surface area contributed by atoms with E-state index in [9.17, 15) is 9.59 Å². The minimum atomic E-state index is -0.426. The lowest BCUT2D eigenvalue weighted by Crippen LogP contribution is -2.55. The van der Waals surface area contributed by atoms with Crippen LogP contribution in [-0.4, -0.2) is 59.6 Å². The van der Waals surface area contributed by atoms with E-state index in [1.165, 1.54) is 24.0 Å².